The summed E-state index contributed by atoms with van der Waals surface area (Å²) in [5.74, 6) is 0.875. The van der Waals surface area contributed by atoms with Crippen molar-refractivity contribution in [2.24, 2.45) is 0 Å². The van der Waals surface area contributed by atoms with Crippen molar-refractivity contribution in [1.29, 1.82) is 0 Å². The summed E-state index contributed by atoms with van der Waals surface area (Å²) in [7, 11) is 0. The van der Waals surface area contributed by atoms with Gasteiger partial charge < -0.3 is 5.32 Å². The molecule has 2 aromatic heterocycles. The molecular formula is C9H12N4S. The topological polar surface area (TPSA) is 53.6 Å². The van der Waals surface area contributed by atoms with Crippen LogP contribution in [0.2, 0.25) is 0 Å². The van der Waals surface area contributed by atoms with Crippen molar-refractivity contribution in [3.8, 4) is 0 Å². The van der Waals surface area contributed by atoms with Crippen molar-refractivity contribution in [3.05, 3.63) is 34.5 Å². The van der Waals surface area contributed by atoms with E-state index in [0.29, 0.717) is 0 Å². The van der Waals surface area contributed by atoms with E-state index >= 15 is 0 Å². The van der Waals surface area contributed by atoms with Crippen LogP contribution in [-0.2, 0) is 6.54 Å². The van der Waals surface area contributed by atoms with E-state index in [0.717, 1.165) is 12.4 Å². The first-order chi connectivity index (χ1) is 6.86. The molecule has 5 heteroatoms. The number of nitrogens with one attached hydrogen (secondary N) is 2. The summed E-state index contributed by atoms with van der Waals surface area (Å²) in [6.07, 6.45) is 1.53. The number of H-pyrrole nitrogens is 1. The Morgan fingerprint density at radius 1 is 1.64 bits per heavy atom. The molecule has 2 N–H and O–H groups in total. The van der Waals surface area contributed by atoms with E-state index in [1.165, 1.54) is 11.9 Å². The third-order valence-electron chi connectivity index (χ3n) is 2.04. The Kier molecular flexibility index (Phi) is 2.90. The minimum atomic E-state index is 0.206. The summed E-state index contributed by atoms with van der Waals surface area (Å²) >= 11 is 1.71. The summed E-state index contributed by atoms with van der Waals surface area (Å²) < 4.78 is 0. The summed E-state index contributed by atoms with van der Waals surface area (Å²) in [5, 5.41) is 14.2. The van der Waals surface area contributed by atoms with Gasteiger partial charge in [-0.05, 0) is 29.3 Å². The van der Waals surface area contributed by atoms with E-state index in [-0.39, 0.29) is 6.04 Å². The van der Waals surface area contributed by atoms with Gasteiger partial charge in [-0.25, -0.2) is 4.98 Å². The number of thiophene rings is 1. The molecule has 0 saturated carbocycles. The van der Waals surface area contributed by atoms with Crippen molar-refractivity contribution in [2.75, 3.05) is 0 Å². The Balaban J connectivity index is 1.87. The van der Waals surface area contributed by atoms with E-state index in [4.69, 9.17) is 0 Å². The molecule has 0 amide bonds. The smallest absolute Gasteiger partial charge is 0.141 e. The van der Waals surface area contributed by atoms with Crippen LogP contribution in [-0.4, -0.2) is 15.2 Å². The fraction of sp³-hybridized carbons (Fsp3) is 0.333. The van der Waals surface area contributed by atoms with Crippen LogP contribution < -0.4 is 5.32 Å². The maximum atomic E-state index is 4.09. The van der Waals surface area contributed by atoms with Gasteiger partial charge in [-0.15, -0.1) is 0 Å². The molecule has 0 bridgehead atoms. The van der Waals surface area contributed by atoms with Crippen LogP contribution in [0.4, 0.5) is 0 Å². The van der Waals surface area contributed by atoms with Crippen LogP contribution in [0.3, 0.4) is 0 Å². The quantitative estimate of drug-likeness (QED) is 0.804. The van der Waals surface area contributed by atoms with Crippen LogP contribution >= 0.6 is 11.3 Å². The highest BCUT2D eigenvalue weighted by Crippen LogP contribution is 2.09. The van der Waals surface area contributed by atoms with Gasteiger partial charge in [0.15, 0.2) is 0 Å². The number of hydrogen-bond acceptors (Lipinski definition) is 4. The minimum absolute atomic E-state index is 0.206. The molecule has 1 atom stereocenters. The molecule has 0 fully saturated rings. The Morgan fingerprint density at radius 3 is 3.21 bits per heavy atom. The summed E-state index contributed by atoms with van der Waals surface area (Å²) in [5.41, 5.74) is 1.31. The fourth-order valence-corrected chi connectivity index (χ4v) is 1.85. The van der Waals surface area contributed by atoms with Gasteiger partial charge in [-0.1, -0.05) is 0 Å². The fourth-order valence-electron chi connectivity index (χ4n) is 1.18. The molecule has 0 aliphatic heterocycles. The number of aromatic amines is 1. The van der Waals surface area contributed by atoms with E-state index in [1.54, 1.807) is 11.3 Å². The largest absolute Gasteiger partial charge is 0.303 e. The predicted octanol–water partition coefficient (Wildman–Crippen LogP) is 1.72. The van der Waals surface area contributed by atoms with Gasteiger partial charge in [0.2, 0.25) is 0 Å². The van der Waals surface area contributed by atoms with Gasteiger partial charge >= 0.3 is 0 Å². The first kappa shape index (κ1) is 9.36. The van der Waals surface area contributed by atoms with Crippen LogP contribution in [0, 0.1) is 0 Å². The normalized spacial score (nSPS) is 12.9. The van der Waals surface area contributed by atoms with Gasteiger partial charge in [0, 0.05) is 6.54 Å². The molecule has 0 aliphatic carbocycles. The van der Waals surface area contributed by atoms with Crippen LogP contribution in [0.15, 0.2) is 23.2 Å². The standard InChI is InChI=1S/C9H12N4S/c1-7(9-11-6-12-13-9)10-4-8-2-3-14-5-8/h2-3,5-7,10H,4H2,1H3,(H,11,12,13). The molecule has 0 aliphatic rings. The van der Waals surface area contributed by atoms with E-state index in [9.17, 15) is 0 Å². The SMILES string of the molecule is CC(NCc1ccsc1)c1ncn[nH]1. The van der Waals surface area contributed by atoms with Gasteiger partial charge in [0.05, 0.1) is 6.04 Å². The Bertz CT molecular complexity index is 354. The molecule has 1 unspecified atom stereocenters. The van der Waals surface area contributed by atoms with Crippen molar-refractivity contribution < 1.29 is 0 Å². The lowest BCUT2D eigenvalue weighted by Crippen LogP contribution is -2.18. The first-order valence-corrected chi connectivity index (χ1v) is 5.40. The lowest BCUT2D eigenvalue weighted by Gasteiger charge is -2.09. The molecule has 2 aromatic rings. The second-order valence-electron chi connectivity index (χ2n) is 3.10. The lowest BCUT2D eigenvalue weighted by atomic mass is 10.3. The second-order valence-corrected chi connectivity index (χ2v) is 3.88. The first-order valence-electron chi connectivity index (χ1n) is 4.46. The zero-order valence-electron chi connectivity index (χ0n) is 7.90. The predicted molar refractivity (Wildman–Crippen MR) is 56.0 cm³/mol. The van der Waals surface area contributed by atoms with Crippen molar-refractivity contribution in [3.63, 3.8) is 0 Å². The average molecular weight is 208 g/mol. The summed E-state index contributed by atoms with van der Waals surface area (Å²) in [6.45, 7) is 2.93. The van der Waals surface area contributed by atoms with Gasteiger partial charge in [0.1, 0.15) is 12.2 Å². The van der Waals surface area contributed by atoms with E-state index in [2.05, 4.69) is 44.2 Å². The molecule has 0 spiro atoms. The van der Waals surface area contributed by atoms with Crippen molar-refractivity contribution >= 4 is 11.3 Å². The number of rotatable bonds is 4. The molecule has 14 heavy (non-hydrogen) atoms. The Labute approximate surface area is 86.4 Å². The zero-order valence-corrected chi connectivity index (χ0v) is 8.71. The Morgan fingerprint density at radius 2 is 2.57 bits per heavy atom. The highest BCUT2D eigenvalue weighted by molar-refractivity contribution is 7.07. The van der Waals surface area contributed by atoms with Gasteiger partial charge in [0.25, 0.3) is 0 Å². The van der Waals surface area contributed by atoms with Gasteiger partial charge in [-0.2, -0.15) is 16.4 Å². The van der Waals surface area contributed by atoms with Crippen LogP contribution in [0.25, 0.3) is 0 Å². The number of hydrogen-bond donors (Lipinski definition) is 2. The highest BCUT2D eigenvalue weighted by atomic mass is 32.1. The number of nitrogens with zero attached hydrogens (tertiary/aromatic N) is 2. The van der Waals surface area contributed by atoms with Crippen molar-refractivity contribution in [1.82, 2.24) is 20.5 Å². The monoisotopic (exact) mass is 208 g/mol. The summed E-state index contributed by atoms with van der Waals surface area (Å²) in [4.78, 5) is 4.09. The molecular weight excluding hydrogens is 196 g/mol. The van der Waals surface area contributed by atoms with Crippen LogP contribution in [0.1, 0.15) is 24.4 Å². The minimum Gasteiger partial charge on any atom is -0.303 e. The Hall–Kier alpha value is -1.20. The maximum Gasteiger partial charge on any atom is 0.141 e. The summed E-state index contributed by atoms with van der Waals surface area (Å²) in [6, 6.07) is 2.32. The third kappa shape index (κ3) is 2.18. The highest BCUT2D eigenvalue weighted by Gasteiger charge is 2.06. The number of aromatic nitrogens is 3. The molecule has 74 valence electrons. The van der Waals surface area contributed by atoms with E-state index < -0.39 is 0 Å². The van der Waals surface area contributed by atoms with E-state index in [1.807, 2.05) is 0 Å². The maximum absolute atomic E-state index is 4.09. The molecule has 4 nitrogen and oxygen atoms in total. The van der Waals surface area contributed by atoms with Crippen molar-refractivity contribution in [2.45, 2.75) is 19.5 Å². The molecule has 2 rings (SSSR count). The second kappa shape index (κ2) is 4.34. The lowest BCUT2D eigenvalue weighted by molar-refractivity contribution is 0.548. The average Bonchev–Trinajstić information content (AvgIpc) is 2.87. The van der Waals surface area contributed by atoms with Crippen LogP contribution in [0.5, 0.6) is 0 Å². The molecule has 0 aromatic carbocycles. The molecule has 0 radical (unpaired) electrons. The third-order valence-corrected chi connectivity index (χ3v) is 2.77. The molecule has 2 heterocycles. The molecule has 0 saturated heterocycles. The zero-order chi connectivity index (χ0) is 9.80. The van der Waals surface area contributed by atoms with Gasteiger partial charge in [-0.3, -0.25) is 5.10 Å².